The fraction of sp³-hybridized carbons (Fsp3) is 0.350. The van der Waals surface area contributed by atoms with E-state index in [1.807, 2.05) is 36.9 Å². The first-order chi connectivity index (χ1) is 12.9. The highest BCUT2D eigenvalue weighted by atomic mass is 16.5. The maximum Gasteiger partial charge on any atom is 0.122 e. The number of ether oxygens (including phenoxy) is 1. The van der Waals surface area contributed by atoms with Gasteiger partial charge in [-0.25, -0.2) is 4.98 Å². The monoisotopic (exact) mass is 349 g/mol. The molecule has 1 unspecified atom stereocenters. The van der Waals surface area contributed by atoms with Crippen molar-refractivity contribution >= 4 is 0 Å². The fourth-order valence-corrected chi connectivity index (χ4v) is 3.42. The molecule has 4 heterocycles. The molecule has 0 radical (unpaired) electrons. The molecular formula is C20H23N5O. The van der Waals surface area contributed by atoms with Crippen LogP contribution in [-0.2, 0) is 31.0 Å². The van der Waals surface area contributed by atoms with Gasteiger partial charge in [0.05, 0.1) is 19.8 Å². The number of imidazole rings is 1. The van der Waals surface area contributed by atoms with Gasteiger partial charge in [-0.2, -0.15) is 0 Å². The van der Waals surface area contributed by atoms with E-state index >= 15 is 0 Å². The average Bonchev–Trinajstić information content (AvgIpc) is 3.03. The van der Waals surface area contributed by atoms with Crippen molar-refractivity contribution in [3.05, 3.63) is 78.4 Å². The molecule has 0 spiro atoms. The molecular weight excluding hydrogens is 326 g/mol. The van der Waals surface area contributed by atoms with Crippen LogP contribution in [0.15, 0.2) is 61.4 Å². The van der Waals surface area contributed by atoms with E-state index in [1.54, 1.807) is 6.20 Å². The second kappa shape index (κ2) is 8.21. The number of aromatic nitrogens is 4. The highest BCUT2D eigenvalue weighted by molar-refractivity contribution is 5.10. The maximum atomic E-state index is 5.99. The lowest BCUT2D eigenvalue weighted by atomic mass is 10.1. The molecule has 3 aromatic rings. The van der Waals surface area contributed by atoms with Crippen molar-refractivity contribution in [1.82, 2.24) is 24.4 Å². The molecule has 134 valence electrons. The van der Waals surface area contributed by atoms with Gasteiger partial charge in [0.1, 0.15) is 5.82 Å². The van der Waals surface area contributed by atoms with Crippen LogP contribution in [0.2, 0.25) is 0 Å². The Morgan fingerprint density at radius 1 is 1.00 bits per heavy atom. The molecule has 1 atom stereocenters. The van der Waals surface area contributed by atoms with Crippen molar-refractivity contribution in [2.45, 2.75) is 26.2 Å². The summed E-state index contributed by atoms with van der Waals surface area (Å²) in [5.41, 5.74) is 2.38. The molecule has 0 fully saturated rings. The zero-order chi connectivity index (χ0) is 17.6. The summed E-state index contributed by atoms with van der Waals surface area (Å²) in [6.45, 7) is 5.00. The standard InChI is InChI=1S/C20H23N5O/c1-2-18(10-22-5-1)15-26-16-19-12-24(11-17-3-6-21-7-4-17)14-20-23-8-9-25(20)13-19/h1-10,19H,11-16H2. The largest absolute Gasteiger partial charge is 0.376 e. The van der Waals surface area contributed by atoms with Crippen LogP contribution in [0, 0.1) is 5.92 Å². The van der Waals surface area contributed by atoms with Crippen LogP contribution in [0.1, 0.15) is 17.0 Å². The van der Waals surface area contributed by atoms with Crippen molar-refractivity contribution < 1.29 is 4.74 Å². The van der Waals surface area contributed by atoms with Gasteiger partial charge >= 0.3 is 0 Å². The van der Waals surface area contributed by atoms with Gasteiger partial charge in [0.25, 0.3) is 0 Å². The Morgan fingerprint density at radius 2 is 1.92 bits per heavy atom. The van der Waals surface area contributed by atoms with Crippen molar-refractivity contribution in [2.75, 3.05) is 13.2 Å². The van der Waals surface area contributed by atoms with Gasteiger partial charge in [0.15, 0.2) is 0 Å². The van der Waals surface area contributed by atoms with Gasteiger partial charge < -0.3 is 9.30 Å². The van der Waals surface area contributed by atoms with E-state index in [1.165, 1.54) is 5.56 Å². The third kappa shape index (κ3) is 4.33. The predicted octanol–water partition coefficient (Wildman–Crippen LogP) is 2.52. The van der Waals surface area contributed by atoms with Crippen LogP contribution in [0.3, 0.4) is 0 Å². The quantitative estimate of drug-likeness (QED) is 0.684. The normalized spacial score (nSPS) is 17.6. The SMILES string of the molecule is c1cncc(COCC2CN(Cc3ccncc3)Cc3nccn3C2)c1. The molecule has 1 aliphatic rings. The van der Waals surface area contributed by atoms with Crippen LogP contribution in [-0.4, -0.2) is 37.6 Å². The third-order valence-corrected chi connectivity index (χ3v) is 4.64. The fourth-order valence-electron chi connectivity index (χ4n) is 3.42. The van der Waals surface area contributed by atoms with Gasteiger partial charge in [0.2, 0.25) is 0 Å². The molecule has 26 heavy (non-hydrogen) atoms. The molecule has 1 aliphatic heterocycles. The highest BCUT2D eigenvalue weighted by Crippen LogP contribution is 2.18. The Kier molecular flexibility index (Phi) is 5.33. The lowest BCUT2D eigenvalue weighted by Gasteiger charge is -2.23. The summed E-state index contributed by atoms with van der Waals surface area (Å²) >= 11 is 0. The van der Waals surface area contributed by atoms with Crippen LogP contribution >= 0.6 is 0 Å². The lowest BCUT2D eigenvalue weighted by Crippen LogP contribution is -2.30. The molecule has 4 rings (SSSR count). The Balaban J connectivity index is 1.40. The minimum atomic E-state index is 0.420. The van der Waals surface area contributed by atoms with E-state index in [0.29, 0.717) is 12.5 Å². The molecule has 6 nitrogen and oxygen atoms in total. The number of hydrogen-bond donors (Lipinski definition) is 0. The molecule has 3 aromatic heterocycles. The van der Waals surface area contributed by atoms with Gasteiger partial charge in [0, 0.05) is 62.7 Å². The third-order valence-electron chi connectivity index (χ3n) is 4.64. The van der Waals surface area contributed by atoms with Crippen LogP contribution in [0.25, 0.3) is 0 Å². The smallest absolute Gasteiger partial charge is 0.122 e. The first kappa shape index (κ1) is 16.9. The van der Waals surface area contributed by atoms with Crippen LogP contribution in [0.5, 0.6) is 0 Å². The van der Waals surface area contributed by atoms with Crippen LogP contribution < -0.4 is 0 Å². The molecule has 0 N–H and O–H groups in total. The van der Waals surface area contributed by atoms with Crippen LogP contribution in [0.4, 0.5) is 0 Å². The van der Waals surface area contributed by atoms with Crippen molar-refractivity contribution in [3.63, 3.8) is 0 Å². The zero-order valence-electron chi connectivity index (χ0n) is 14.7. The van der Waals surface area contributed by atoms with Crippen molar-refractivity contribution in [3.8, 4) is 0 Å². The molecule has 0 amide bonds. The van der Waals surface area contributed by atoms with E-state index < -0.39 is 0 Å². The van der Waals surface area contributed by atoms with E-state index in [9.17, 15) is 0 Å². The number of pyridine rings is 2. The summed E-state index contributed by atoms with van der Waals surface area (Å²) in [5, 5.41) is 0. The number of rotatable bonds is 6. The van der Waals surface area contributed by atoms with Crippen molar-refractivity contribution in [2.24, 2.45) is 5.92 Å². The van der Waals surface area contributed by atoms with Gasteiger partial charge in [-0.05, 0) is 29.3 Å². The minimum Gasteiger partial charge on any atom is -0.376 e. The second-order valence-electron chi connectivity index (χ2n) is 6.76. The number of nitrogens with zero attached hydrogens (tertiary/aromatic N) is 5. The van der Waals surface area contributed by atoms with E-state index in [0.717, 1.165) is 44.2 Å². The summed E-state index contributed by atoms with van der Waals surface area (Å²) in [6, 6.07) is 8.14. The summed E-state index contributed by atoms with van der Waals surface area (Å²) in [4.78, 5) is 15.2. The molecule has 0 aliphatic carbocycles. The minimum absolute atomic E-state index is 0.420. The zero-order valence-corrected chi connectivity index (χ0v) is 14.7. The molecule has 0 saturated heterocycles. The predicted molar refractivity (Wildman–Crippen MR) is 98.0 cm³/mol. The Labute approximate surface area is 153 Å². The van der Waals surface area contributed by atoms with E-state index in [-0.39, 0.29) is 0 Å². The van der Waals surface area contributed by atoms with E-state index in [4.69, 9.17) is 4.74 Å². The Hall–Kier alpha value is -2.57. The summed E-state index contributed by atoms with van der Waals surface area (Å²) in [6.07, 6.45) is 11.3. The topological polar surface area (TPSA) is 56.1 Å². The lowest BCUT2D eigenvalue weighted by molar-refractivity contribution is 0.0664. The summed E-state index contributed by atoms with van der Waals surface area (Å²) < 4.78 is 8.25. The highest BCUT2D eigenvalue weighted by Gasteiger charge is 2.22. The molecule has 0 saturated carbocycles. The molecule has 6 heteroatoms. The average molecular weight is 349 g/mol. The van der Waals surface area contributed by atoms with Gasteiger partial charge in [-0.3, -0.25) is 14.9 Å². The Morgan fingerprint density at radius 3 is 2.77 bits per heavy atom. The van der Waals surface area contributed by atoms with Gasteiger partial charge in [-0.15, -0.1) is 0 Å². The molecule has 0 bridgehead atoms. The number of fused-ring (bicyclic) bond motifs is 1. The summed E-state index contributed by atoms with van der Waals surface area (Å²) in [7, 11) is 0. The number of hydrogen-bond acceptors (Lipinski definition) is 5. The van der Waals surface area contributed by atoms with Crippen molar-refractivity contribution in [1.29, 1.82) is 0 Å². The first-order valence-electron chi connectivity index (χ1n) is 8.95. The first-order valence-corrected chi connectivity index (χ1v) is 8.95. The Bertz CT molecular complexity index is 805. The molecule has 0 aromatic carbocycles. The second-order valence-corrected chi connectivity index (χ2v) is 6.76. The van der Waals surface area contributed by atoms with Gasteiger partial charge in [-0.1, -0.05) is 6.07 Å². The van der Waals surface area contributed by atoms with E-state index in [2.05, 4.69) is 42.7 Å². The summed E-state index contributed by atoms with van der Waals surface area (Å²) in [5.74, 6) is 1.54. The maximum absolute atomic E-state index is 5.99.